The van der Waals surface area contributed by atoms with Crippen molar-refractivity contribution >= 4 is 18.0 Å². The van der Waals surface area contributed by atoms with Gasteiger partial charge in [0, 0.05) is 16.7 Å². The Hall–Kier alpha value is -3.06. The first kappa shape index (κ1) is 22.1. The Labute approximate surface area is 186 Å². The van der Waals surface area contributed by atoms with E-state index < -0.39 is 24.2 Å². The summed E-state index contributed by atoms with van der Waals surface area (Å²) < 4.78 is 10.8. The molecule has 0 N–H and O–H groups in total. The van der Waals surface area contributed by atoms with Crippen LogP contribution in [0, 0.1) is 23.7 Å². The number of piperidine rings is 1. The number of rotatable bonds is 6. The molecule has 0 bridgehead atoms. The highest BCUT2D eigenvalue weighted by molar-refractivity contribution is 5.96. The van der Waals surface area contributed by atoms with Crippen molar-refractivity contribution < 1.29 is 23.9 Å². The molecule has 3 aliphatic rings. The lowest BCUT2D eigenvalue weighted by atomic mass is 9.69. The molecule has 2 amide bonds. The van der Waals surface area contributed by atoms with Crippen LogP contribution in [0.2, 0.25) is 0 Å². The van der Waals surface area contributed by atoms with Crippen molar-refractivity contribution in [2.75, 3.05) is 6.61 Å². The summed E-state index contributed by atoms with van der Waals surface area (Å²) in [4.78, 5) is 42.3. The van der Waals surface area contributed by atoms with Gasteiger partial charge in [0.25, 0.3) is 0 Å². The monoisotopic (exact) mass is 440 g/mol. The molecule has 3 unspecified atom stereocenters. The molecule has 9 heteroatoms. The van der Waals surface area contributed by atoms with Crippen LogP contribution in [0.3, 0.4) is 0 Å². The van der Waals surface area contributed by atoms with Crippen LogP contribution in [0.5, 0.6) is 0 Å². The van der Waals surface area contributed by atoms with Gasteiger partial charge in [-0.05, 0) is 35.8 Å². The predicted octanol–water partition coefficient (Wildman–Crippen LogP) is 4.04. The third-order valence-electron chi connectivity index (χ3n) is 7.25. The molecule has 3 aliphatic heterocycles. The Morgan fingerprint density at radius 3 is 2.56 bits per heavy atom. The van der Waals surface area contributed by atoms with Gasteiger partial charge in [-0.15, -0.1) is 0 Å². The summed E-state index contributed by atoms with van der Waals surface area (Å²) in [5.41, 5.74) is 10.2. The number of carbonyl (C=O) groups excluding carboxylic acids is 3. The number of ether oxygens (including phenoxy) is 2. The van der Waals surface area contributed by atoms with Crippen molar-refractivity contribution in [1.82, 2.24) is 4.90 Å². The minimum absolute atomic E-state index is 0.105. The van der Waals surface area contributed by atoms with Gasteiger partial charge in [-0.1, -0.05) is 56.2 Å². The number of imide groups is 1. The summed E-state index contributed by atoms with van der Waals surface area (Å²) in [6.45, 7) is 6.06. The van der Waals surface area contributed by atoms with Crippen LogP contribution in [0.25, 0.3) is 10.4 Å². The molecule has 7 atom stereocenters. The normalized spacial score (nSPS) is 32.9. The second-order valence-electron chi connectivity index (χ2n) is 9.32. The Bertz CT molecular complexity index is 945. The second kappa shape index (κ2) is 8.82. The van der Waals surface area contributed by atoms with Gasteiger partial charge in [-0.25, -0.2) is 9.69 Å². The third-order valence-corrected chi connectivity index (χ3v) is 7.25. The highest BCUT2D eigenvalue weighted by Gasteiger charge is 2.54. The first-order valence-electron chi connectivity index (χ1n) is 11.1. The van der Waals surface area contributed by atoms with E-state index in [1.807, 2.05) is 51.1 Å². The van der Waals surface area contributed by atoms with Crippen molar-refractivity contribution in [2.45, 2.75) is 57.7 Å². The van der Waals surface area contributed by atoms with E-state index in [0.717, 1.165) is 5.56 Å². The van der Waals surface area contributed by atoms with E-state index in [1.54, 1.807) is 0 Å². The minimum atomic E-state index is -0.685. The molecule has 0 saturated carbocycles. The summed E-state index contributed by atoms with van der Waals surface area (Å²) in [6.07, 6.45) is -0.562. The van der Waals surface area contributed by atoms with Crippen molar-refractivity contribution in [2.24, 2.45) is 28.8 Å². The SMILES string of the molecule is CC(C)C1C[C@@H]([C@H](C[C@@H]2C(=O)N3C(=O)OC[C@@H]3C(c3ccccc3)C2C)N=[N+]=[N-])OC1=O. The molecule has 9 nitrogen and oxygen atoms in total. The molecule has 0 radical (unpaired) electrons. The Morgan fingerprint density at radius 2 is 1.94 bits per heavy atom. The molecule has 32 heavy (non-hydrogen) atoms. The number of hydrogen-bond donors (Lipinski definition) is 0. The van der Waals surface area contributed by atoms with E-state index >= 15 is 0 Å². The Balaban J connectivity index is 1.63. The van der Waals surface area contributed by atoms with E-state index in [4.69, 9.17) is 15.0 Å². The number of hydrogen-bond acceptors (Lipinski definition) is 6. The van der Waals surface area contributed by atoms with Crippen molar-refractivity contribution in [3.8, 4) is 0 Å². The van der Waals surface area contributed by atoms with Crippen LogP contribution in [0.15, 0.2) is 35.4 Å². The standard InChI is InChI=1S/C23H28N4O5/c1-12(2)15-10-19(32-22(15)29)17(25-26-24)9-16-13(3)20(14-7-5-4-6-8-14)18-11-31-23(30)27(18)21(16)28/h4-8,12-13,15-20H,9-11H2,1-3H3/t13?,15?,16-,17-,18+,19-,20?/m0/s1. The molecule has 3 heterocycles. The van der Waals surface area contributed by atoms with Crippen molar-refractivity contribution in [3.05, 3.63) is 46.3 Å². The van der Waals surface area contributed by atoms with Gasteiger partial charge in [-0.2, -0.15) is 0 Å². The summed E-state index contributed by atoms with van der Waals surface area (Å²) in [6, 6.07) is 8.72. The topological polar surface area (TPSA) is 122 Å². The van der Waals surface area contributed by atoms with Crippen LogP contribution < -0.4 is 0 Å². The lowest BCUT2D eigenvalue weighted by molar-refractivity contribution is -0.146. The fourth-order valence-electron chi connectivity index (χ4n) is 5.49. The third kappa shape index (κ3) is 3.81. The van der Waals surface area contributed by atoms with Gasteiger partial charge in [0.05, 0.1) is 18.0 Å². The largest absolute Gasteiger partial charge is 0.462 e. The number of amides is 2. The molecular weight excluding hydrogens is 412 g/mol. The molecule has 3 fully saturated rings. The van der Waals surface area contributed by atoms with Gasteiger partial charge >= 0.3 is 12.1 Å². The maximum Gasteiger partial charge on any atom is 0.417 e. The molecule has 4 rings (SSSR count). The summed E-state index contributed by atoms with van der Waals surface area (Å²) in [5.74, 6) is -1.57. The van der Waals surface area contributed by atoms with Gasteiger partial charge in [0.15, 0.2) is 0 Å². The number of azide groups is 1. The highest BCUT2D eigenvalue weighted by Crippen LogP contribution is 2.45. The number of nitrogens with zero attached hydrogens (tertiary/aromatic N) is 4. The van der Waals surface area contributed by atoms with Gasteiger partial charge < -0.3 is 9.47 Å². The zero-order valence-corrected chi connectivity index (χ0v) is 18.5. The number of benzene rings is 1. The summed E-state index contributed by atoms with van der Waals surface area (Å²) >= 11 is 0. The molecular formula is C23H28N4O5. The van der Waals surface area contributed by atoms with Gasteiger partial charge in [-0.3, -0.25) is 9.59 Å². The Kier molecular flexibility index (Phi) is 6.11. The quantitative estimate of drug-likeness (QED) is 0.286. The lowest BCUT2D eigenvalue weighted by Gasteiger charge is -2.43. The molecule has 0 spiro atoms. The van der Waals surface area contributed by atoms with E-state index in [1.165, 1.54) is 4.90 Å². The van der Waals surface area contributed by atoms with E-state index in [9.17, 15) is 14.4 Å². The van der Waals surface area contributed by atoms with Gasteiger partial charge in [0.1, 0.15) is 12.7 Å². The average Bonchev–Trinajstić information content (AvgIpc) is 3.34. The van der Waals surface area contributed by atoms with E-state index in [2.05, 4.69) is 10.0 Å². The number of fused-ring (bicyclic) bond motifs is 1. The van der Waals surface area contributed by atoms with Crippen LogP contribution in [-0.2, 0) is 19.1 Å². The summed E-state index contributed by atoms with van der Waals surface area (Å²) in [7, 11) is 0. The van der Waals surface area contributed by atoms with E-state index in [0.29, 0.717) is 6.42 Å². The number of carbonyl (C=O) groups is 3. The zero-order chi connectivity index (χ0) is 23.0. The predicted molar refractivity (Wildman–Crippen MR) is 114 cm³/mol. The summed E-state index contributed by atoms with van der Waals surface area (Å²) in [5, 5.41) is 3.92. The number of cyclic esters (lactones) is 2. The fourth-order valence-corrected chi connectivity index (χ4v) is 5.49. The zero-order valence-electron chi connectivity index (χ0n) is 18.5. The minimum Gasteiger partial charge on any atom is -0.462 e. The maximum atomic E-state index is 13.4. The van der Waals surface area contributed by atoms with Gasteiger partial charge in [0.2, 0.25) is 5.91 Å². The average molecular weight is 441 g/mol. The van der Waals surface area contributed by atoms with Crippen LogP contribution in [-0.4, -0.2) is 47.7 Å². The highest BCUT2D eigenvalue weighted by atomic mass is 16.6. The first-order valence-corrected chi connectivity index (χ1v) is 11.1. The lowest BCUT2D eigenvalue weighted by Crippen LogP contribution is -2.55. The molecule has 170 valence electrons. The first-order chi connectivity index (χ1) is 15.3. The van der Waals surface area contributed by atoms with E-state index in [-0.39, 0.29) is 54.6 Å². The van der Waals surface area contributed by atoms with Crippen molar-refractivity contribution in [3.63, 3.8) is 0 Å². The molecule has 1 aromatic carbocycles. The molecule has 3 saturated heterocycles. The maximum absolute atomic E-state index is 13.4. The molecule has 0 aromatic heterocycles. The van der Waals surface area contributed by atoms with Crippen molar-refractivity contribution in [1.29, 1.82) is 0 Å². The fraction of sp³-hybridized carbons (Fsp3) is 0.609. The smallest absolute Gasteiger partial charge is 0.417 e. The van der Waals surface area contributed by atoms with Crippen LogP contribution in [0.4, 0.5) is 4.79 Å². The second-order valence-corrected chi connectivity index (χ2v) is 9.32. The van der Waals surface area contributed by atoms with Crippen LogP contribution in [0.1, 0.15) is 45.1 Å². The molecule has 1 aromatic rings. The molecule has 0 aliphatic carbocycles. The van der Waals surface area contributed by atoms with Crippen LogP contribution >= 0.6 is 0 Å². The Morgan fingerprint density at radius 1 is 1.22 bits per heavy atom. The number of esters is 1.